The standard InChI is InChI=1S/C21H26FN3O/c1-17-3-5-18(6-4-17)15-23(2)21(26)16-24-11-13-25(14-12-24)20-9-7-19(22)8-10-20/h3-10H,11-16H2,1-2H3/p+1. The van der Waals surface area contributed by atoms with E-state index in [1.807, 2.05) is 24.1 Å². The number of quaternary nitrogens is 1. The molecule has 26 heavy (non-hydrogen) atoms. The first-order chi connectivity index (χ1) is 12.5. The summed E-state index contributed by atoms with van der Waals surface area (Å²) in [6.07, 6.45) is 0. The summed E-state index contributed by atoms with van der Waals surface area (Å²) in [6, 6.07) is 14.9. The highest BCUT2D eigenvalue weighted by Gasteiger charge is 2.23. The second kappa shape index (κ2) is 8.32. The lowest BCUT2D eigenvalue weighted by Crippen LogP contribution is -3.15. The van der Waals surface area contributed by atoms with E-state index in [4.69, 9.17) is 0 Å². The first-order valence-corrected chi connectivity index (χ1v) is 9.15. The summed E-state index contributed by atoms with van der Waals surface area (Å²) in [7, 11) is 1.87. The van der Waals surface area contributed by atoms with E-state index in [-0.39, 0.29) is 11.7 Å². The van der Waals surface area contributed by atoms with Gasteiger partial charge >= 0.3 is 0 Å². The van der Waals surface area contributed by atoms with Crippen molar-refractivity contribution in [3.63, 3.8) is 0 Å². The van der Waals surface area contributed by atoms with E-state index in [0.29, 0.717) is 13.1 Å². The van der Waals surface area contributed by atoms with Gasteiger partial charge in [-0.05, 0) is 36.8 Å². The maximum Gasteiger partial charge on any atom is 0.277 e. The Hall–Kier alpha value is -2.40. The number of likely N-dealkylation sites (N-methyl/N-ethyl adjacent to an activating group) is 1. The topological polar surface area (TPSA) is 28.0 Å². The molecule has 1 N–H and O–H groups in total. The van der Waals surface area contributed by atoms with E-state index in [0.717, 1.165) is 37.4 Å². The molecule has 1 aliphatic rings. The van der Waals surface area contributed by atoms with Crippen LogP contribution in [0.5, 0.6) is 0 Å². The molecule has 2 aromatic carbocycles. The summed E-state index contributed by atoms with van der Waals surface area (Å²) in [5, 5.41) is 0. The summed E-state index contributed by atoms with van der Waals surface area (Å²) in [6.45, 7) is 6.84. The molecule has 0 radical (unpaired) electrons. The van der Waals surface area contributed by atoms with Crippen LogP contribution in [0.2, 0.25) is 0 Å². The molecule has 2 aromatic rings. The van der Waals surface area contributed by atoms with Gasteiger partial charge in [-0.2, -0.15) is 0 Å². The molecule has 1 amide bonds. The lowest BCUT2D eigenvalue weighted by atomic mass is 10.1. The van der Waals surface area contributed by atoms with Crippen LogP contribution in [0.3, 0.4) is 0 Å². The molecule has 5 heteroatoms. The van der Waals surface area contributed by atoms with Gasteiger partial charge in [0.25, 0.3) is 5.91 Å². The average molecular weight is 356 g/mol. The highest BCUT2D eigenvalue weighted by atomic mass is 19.1. The molecular weight excluding hydrogens is 329 g/mol. The molecule has 1 saturated heterocycles. The van der Waals surface area contributed by atoms with Crippen LogP contribution in [-0.2, 0) is 11.3 Å². The number of rotatable bonds is 5. The van der Waals surface area contributed by atoms with Crippen LogP contribution in [0, 0.1) is 12.7 Å². The third-order valence-corrected chi connectivity index (χ3v) is 5.03. The van der Waals surface area contributed by atoms with Crippen molar-refractivity contribution >= 4 is 11.6 Å². The molecule has 0 unspecified atom stereocenters. The number of benzene rings is 2. The minimum atomic E-state index is -0.208. The summed E-state index contributed by atoms with van der Waals surface area (Å²) in [4.78, 5) is 17.9. The van der Waals surface area contributed by atoms with Crippen LogP contribution >= 0.6 is 0 Å². The third kappa shape index (κ3) is 4.82. The number of carbonyl (C=O) groups excluding carboxylic acids is 1. The molecule has 138 valence electrons. The van der Waals surface area contributed by atoms with Crippen molar-refractivity contribution < 1.29 is 14.1 Å². The average Bonchev–Trinajstić information content (AvgIpc) is 2.65. The van der Waals surface area contributed by atoms with Gasteiger partial charge in [0, 0.05) is 19.3 Å². The number of nitrogens with one attached hydrogen (secondary N) is 1. The van der Waals surface area contributed by atoms with Gasteiger partial charge in [0.05, 0.1) is 26.2 Å². The predicted molar refractivity (Wildman–Crippen MR) is 102 cm³/mol. The minimum Gasteiger partial charge on any atom is -0.360 e. The number of anilines is 1. The molecule has 3 rings (SSSR count). The number of aryl methyl sites for hydroxylation is 1. The molecule has 0 spiro atoms. The van der Waals surface area contributed by atoms with Gasteiger partial charge in [0.15, 0.2) is 6.54 Å². The molecule has 0 atom stereocenters. The molecule has 1 heterocycles. The Labute approximate surface area is 154 Å². The molecule has 0 saturated carbocycles. The van der Waals surface area contributed by atoms with E-state index in [2.05, 4.69) is 36.1 Å². The number of nitrogens with zero attached hydrogens (tertiary/aromatic N) is 2. The van der Waals surface area contributed by atoms with Gasteiger partial charge in [0.1, 0.15) is 5.82 Å². The van der Waals surface area contributed by atoms with Gasteiger partial charge in [0.2, 0.25) is 0 Å². The lowest BCUT2D eigenvalue weighted by Gasteiger charge is -2.34. The number of hydrogen-bond donors (Lipinski definition) is 1. The van der Waals surface area contributed by atoms with E-state index in [9.17, 15) is 9.18 Å². The van der Waals surface area contributed by atoms with E-state index < -0.39 is 0 Å². The normalized spacial score (nSPS) is 15.1. The van der Waals surface area contributed by atoms with Crippen molar-refractivity contribution in [2.45, 2.75) is 13.5 Å². The predicted octanol–water partition coefficient (Wildman–Crippen LogP) is 1.50. The van der Waals surface area contributed by atoms with Crippen LogP contribution in [-0.4, -0.2) is 50.6 Å². The number of halogens is 1. The maximum atomic E-state index is 13.0. The van der Waals surface area contributed by atoms with E-state index in [1.165, 1.54) is 22.6 Å². The second-order valence-corrected chi connectivity index (χ2v) is 7.13. The zero-order valence-corrected chi connectivity index (χ0v) is 15.5. The summed E-state index contributed by atoms with van der Waals surface area (Å²) < 4.78 is 13.0. The van der Waals surface area contributed by atoms with Crippen LogP contribution < -0.4 is 9.80 Å². The fourth-order valence-electron chi connectivity index (χ4n) is 3.31. The fraction of sp³-hybridized carbons (Fsp3) is 0.381. The first kappa shape index (κ1) is 18.4. The molecule has 1 aliphatic heterocycles. The lowest BCUT2D eigenvalue weighted by molar-refractivity contribution is -0.892. The molecule has 0 aromatic heterocycles. The van der Waals surface area contributed by atoms with E-state index >= 15 is 0 Å². The number of hydrogen-bond acceptors (Lipinski definition) is 2. The Balaban J connectivity index is 1.46. The number of amides is 1. The Bertz CT molecular complexity index is 722. The summed E-state index contributed by atoms with van der Waals surface area (Å²) >= 11 is 0. The Morgan fingerprint density at radius 2 is 1.69 bits per heavy atom. The Morgan fingerprint density at radius 1 is 1.08 bits per heavy atom. The molecule has 0 aliphatic carbocycles. The highest BCUT2D eigenvalue weighted by molar-refractivity contribution is 5.76. The molecular formula is C21H27FN3O+. The smallest absolute Gasteiger partial charge is 0.277 e. The molecule has 4 nitrogen and oxygen atoms in total. The van der Waals surface area contributed by atoms with Crippen molar-refractivity contribution in [2.24, 2.45) is 0 Å². The van der Waals surface area contributed by atoms with Crippen molar-refractivity contribution in [3.8, 4) is 0 Å². The van der Waals surface area contributed by atoms with Gasteiger partial charge in [-0.1, -0.05) is 29.8 Å². The third-order valence-electron chi connectivity index (χ3n) is 5.03. The van der Waals surface area contributed by atoms with Gasteiger partial charge < -0.3 is 14.7 Å². The van der Waals surface area contributed by atoms with Crippen LogP contribution in [0.1, 0.15) is 11.1 Å². The molecule has 1 fully saturated rings. The Morgan fingerprint density at radius 3 is 2.31 bits per heavy atom. The van der Waals surface area contributed by atoms with Crippen LogP contribution in [0.15, 0.2) is 48.5 Å². The SMILES string of the molecule is Cc1ccc(CN(C)C(=O)C[NH+]2CCN(c3ccc(F)cc3)CC2)cc1. The van der Waals surface area contributed by atoms with Crippen molar-refractivity contribution in [2.75, 3.05) is 44.7 Å². The second-order valence-electron chi connectivity index (χ2n) is 7.13. The fourth-order valence-corrected chi connectivity index (χ4v) is 3.31. The molecule has 0 bridgehead atoms. The summed E-state index contributed by atoms with van der Waals surface area (Å²) in [5.41, 5.74) is 3.43. The first-order valence-electron chi connectivity index (χ1n) is 9.15. The largest absolute Gasteiger partial charge is 0.360 e. The Kier molecular flexibility index (Phi) is 5.89. The monoisotopic (exact) mass is 356 g/mol. The quantitative estimate of drug-likeness (QED) is 0.879. The van der Waals surface area contributed by atoms with Crippen LogP contribution in [0.25, 0.3) is 0 Å². The minimum absolute atomic E-state index is 0.177. The van der Waals surface area contributed by atoms with Gasteiger partial charge in [-0.15, -0.1) is 0 Å². The van der Waals surface area contributed by atoms with Crippen LogP contribution in [0.4, 0.5) is 10.1 Å². The number of piperazine rings is 1. The highest BCUT2D eigenvalue weighted by Crippen LogP contribution is 2.14. The van der Waals surface area contributed by atoms with Gasteiger partial charge in [-0.25, -0.2) is 4.39 Å². The van der Waals surface area contributed by atoms with Crippen molar-refractivity contribution in [1.82, 2.24) is 4.90 Å². The van der Waals surface area contributed by atoms with Crippen molar-refractivity contribution in [3.05, 3.63) is 65.5 Å². The van der Waals surface area contributed by atoms with Gasteiger partial charge in [-0.3, -0.25) is 4.79 Å². The summed E-state index contributed by atoms with van der Waals surface area (Å²) in [5.74, 6) is -0.0315. The van der Waals surface area contributed by atoms with Crippen molar-refractivity contribution in [1.29, 1.82) is 0 Å². The zero-order valence-electron chi connectivity index (χ0n) is 15.5. The number of carbonyl (C=O) groups is 1. The zero-order chi connectivity index (χ0) is 18.5. The maximum absolute atomic E-state index is 13.0. The van der Waals surface area contributed by atoms with E-state index in [1.54, 1.807) is 0 Å².